The highest BCUT2D eigenvalue weighted by molar-refractivity contribution is 7.17. The van der Waals surface area contributed by atoms with E-state index in [0.717, 1.165) is 42.8 Å². The van der Waals surface area contributed by atoms with Crippen LogP contribution >= 0.6 is 11.3 Å². The van der Waals surface area contributed by atoms with Gasteiger partial charge in [-0.25, -0.2) is 4.39 Å². The number of nitrogens with one attached hydrogen (secondary N) is 1. The maximum absolute atomic E-state index is 14.0. The van der Waals surface area contributed by atoms with Crippen LogP contribution in [0.4, 0.5) is 4.39 Å². The second-order valence-corrected chi connectivity index (χ2v) is 9.10. The molecule has 8 heteroatoms. The number of amides is 2. The fraction of sp³-hybridized carbons (Fsp3) is 0.308. The molecule has 34 heavy (non-hydrogen) atoms. The minimum Gasteiger partial charge on any atom is -0.494 e. The van der Waals surface area contributed by atoms with E-state index in [4.69, 9.17) is 9.47 Å². The second-order valence-electron chi connectivity index (χ2n) is 8.05. The van der Waals surface area contributed by atoms with Crippen LogP contribution in [0.2, 0.25) is 0 Å². The van der Waals surface area contributed by atoms with Gasteiger partial charge in [-0.15, -0.1) is 11.3 Å². The van der Waals surface area contributed by atoms with Crippen molar-refractivity contribution in [3.8, 4) is 21.9 Å². The van der Waals surface area contributed by atoms with Gasteiger partial charge < -0.3 is 19.7 Å². The SMILES string of the molecule is COc1ccc(CNC(=O)c2sc(-c3ccccc3)cc2OCC(=O)N2CCCCC2)cc1F. The summed E-state index contributed by atoms with van der Waals surface area (Å²) in [6.45, 7) is 1.51. The van der Waals surface area contributed by atoms with Crippen molar-refractivity contribution in [2.45, 2.75) is 25.8 Å². The lowest BCUT2D eigenvalue weighted by molar-refractivity contribution is -0.134. The molecule has 0 saturated carbocycles. The van der Waals surface area contributed by atoms with Gasteiger partial charge in [0.2, 0.25) is 0 Å². The summed E-state index contributed by atoms with van der Waals surface area (Å²) in [6, 6.07) is 16.0. The third kappa shape index (κ3) is 5.75. The monoisotopic (exact) mass is 482 g/mol. The van der Waals surface area contributed by atoms with Crippen molar-refractivity contribution >= 4 is 23.2 Å². The van der Waals surface area contributed by atoms with Crippen LogP contribution in [0, 0.1) is 5.82 Å². The van der Waals surface area contributed by atoms with E-state index in [2.05, 4.69) is 5.32 Å². The minimum absolute atomic E-state index is 0.0766. The zero-order valence-corrected chi connectivity index (χ0v) is 19.8. The van der Waals surface area contributed by atoms with Crippen molar-refractivity contribution in [3.05, 3.63) is 70.9 Å². The van der Waals surface area contributed by atoms with Crippen molar-refractivity contribution < 1.29 is 23.5 Å². The molecule has 2 amide bonds. The number of halogens is 1. The summed E-state index contributed by atoms with van der Waals surface area (Å²) in [5, 5.41) is 2.82. The van der Waals surface area contributed by atoms with Crippen LogP contribution < -0.4 is 14.8 Å². The van der Waals surface area contributed by atoms with Crippen molar-refractivity contribution in [1.82, 2.24) is 10.2 Å². The van der Waals surface area contributed by atoms with Crippen molar-refractivity contribution in [2.24, 2.45) is 0 Å². The molecule has 1 aliphatic heterocycles. The predicted molar refractivity (Wildman–Crippen MR) is 130 cm³/mol. The van der Waals surface area contributed by atoms with Gasteiger partial charge in [-0.1, -0.05) is 36.4 Å². The Morgan fingerprint density at radius 3 is 2.50 bits per heavy atom. The molecule has 0 spiro atoms. The van der Waals surface area contributed by atoms with Crippen LogP contribution in [0.1, 0.15) is 34.5 Å². The molecular formula is C26H27FN2O4S. The fourth-order valence-electron chi connectivity index (χ4n) is 3.84. The standard InChI is InChI=1S/C26H27FN2O4S/c1-32-21-11-10-18(14-20(21)27)16-28-26(31)25-22(15-23(34-25)19-8-4-2-5-9-19)33-17-24(30)29-12-6-3-7-13-29/h2,4-5,8-11,14-15H,3,6-7,12-13,16-17H2,1H3,(H,28,31). The van der Waals surface area contributed by atoms with Gasteiger partial charge in [0.25, 0.3) is 11.8 Å². The normalized spacial score (nSPS) is 13.4. The van der Waals surface area contributed by atoms with E-state index in [9.17, 15) is 14.0 Å². The number of piperidine rings is 1. The van der Waals surface area contributed by atoms with Gasteiger partial charge in [0.05, 0.1) is 7.11 Å². The lowest BCUT2D eigenvalue weighted by Crippen LogP contribution is -2.38. The number of rotatable bonds is 8. The number of benzene rings is 2. The molecule has 0 radical (unpaired) electrons. The molecule has 1 aromatic heterocycles. The Morgan fingerprint density at radius 2 is 1.79 bits per heavy atom. The quantitative estimate of drug-likeness (QED) is 0.497. The van der Waals surface area contributed by atoms with Crippen LogP contribution in [0.3, 0.4) is 0 Å². The van der Waals surface area contributed by atoms with Crippen LogP contribution in [0.5, 0.6) is 11.5 Å². The third-order valence-electron chi connectivity index (χ3n) is 5.69. The van der Waals surface area contributed by atoms with Crippen LogP contribution in [0.25, 0.3) is 10.4 Å². The Hall–Kier alpha value is -3.39. The van der Waals surface area contributed by atoms with Gasteiger partial charge in [-0.3, -0.25) is 9.59 Å². The van der Waals surface area contributed by atoms with E-state index in [1.807, 2.05) is 35.2 Å². The van der Waals surface area contributed by atoms with E-state index >= 15 is 0 Å². The Balaban J connectivity index is 1.49. The zero-order chi connectivity index (χ0) is 23.9. The first-order valence-corrected chi connectivity index (χ1v) is 12.1. The summed E-state index contributed by atoms with van der Waals surface area (Å²) in [5.41, 5.74) is 1.56. The molecule has 3 aromatic rings. The number of likely N-dealkylation sites (tertiary alicyclic amines) is 1. The van der Waals surface area contributed by atoms with Gasteiger partial charge in [0.1, 0.15) is 10.6 Å². The summed E-state index contributed by atoms with van der Waals surface area (Å²) >= 11 is 1.30. The molecule has 178 valence electrons. The molecule has 4 rings (SSSR count). The summed E-state index contributed by atoms with van der Waals surface area (Å²) in [5.74, 6) is -0.393. The first kappa shape index (κ1) is 23.8. The predicted octanol–water partition coefficient (Wildman–Crippen LogP) is 4.88. The highest BCUT2D eigenvalue weighted by Gasteiger charge is 2.22. The molecule has 1 saturated heterocycles. The summed E-state index contributed by atoms with van der Waals surface area (Å²) < 4.78 is 24.8. The second kappa shape index (κ2) is 11.2. The van der Waals surface area contributed by atoms with E-state index in [1.54, 1.807) is 12.1 Å². The van der Waals surface area contributed by atoms with E-state index in [-0.39, 0.29) is 30.7 Å². The van der Waals surface area contributed by atoms with Crippen LogP contribution in [0.15, 0.2) is 54.6 Å². The lowest BCUT2D eigenvalue weighted by atomic mass is 10.1. The smallest absolute Gasteiger partial charge is 0.265 e. The molecular weight excluding hydrogens is 455 g/mol. The number of carbonyl (C=O) groups is 2. The molecule has 0 bridgehead atoms. The Morgan fingerprint density at radius 1 is 1.03 bits per heavy atom. The zero-order valence-electron chi connectivity index (χ0n) is 19.0. The number of hydrogen-bond donors (Lipinski definition) is 1. The maximum Gasteiger partial charge on any atom is 0.265 e. The number of ether oxygens (including phenoxy) is 2. The molecule has 0 aliphatic carbocycles. The Labute approximate surface area is 202 Å². The Kier molecular flexibility index (Phi) is 7.80. The van der Waals surface area contributed by atoms with Gasteiger partial charge >= 0.3 is 0 Å². The van der Waals surface area contributed by atoms with Gasteiger partial charge in [-0.05, 0) is 48.6 Å². The number of methoxy groups -OCH3 is 1. The molecule has 1 N–H and O–H groups in total. The number of thiophene rings is 1. The van der Waals surface area contributed by atoms with Crippen LogP contribution in [-0.4, -0.2) is 43.5 Å². The van der Waals surface area contributed by atoms with Gasteiger partial charge in [0.15, 0.2) is 18.2 Å². The molecule has 1 fully saturated rings. The average Bonchev–Trinajstić information content (AvgIpc) is 3.31. The summed E-state index contributed by atoms with van der Waals surface area (Å²) in [6.07, 6.45) is 3.14. The van der Waals surface area contributed by atoms with Gasteiger partial charge in [0, 0.05) is 24.5 Å². The highest BCUT2D eigenvalue weighted by atomic mass is 32.1. The topological polar surface area (TPSA) is 67.9 Å². The fourth-order valence-corrected chi connectivity index (χ4v) is 4.86. The maximum atomic E-state index is 14.0. The van der Waals surface area contributed by atoms with E-state index in [1.165, 1.54) is 30.6 Å². The van der Waals surface area contributed by atoms with E-state index < -0.39 is 5.82 Å². The molecule has 2 aromatic carbocycles. The first-order valence-electron chi connectivity index (χ1n) is 11.3. The lowest BCUT2D eigenvalue weighted by Gasteiger charge is -2.26. The number of hydrogen-bond acceptors (Lipinski definition) is 5. The van der Waals surface area contributed by atoms with Crippen molar-refractivity contribution in [2.75, 3.05) is 26.8 Å². The largest absolute Gasteiger partial charge is 0.494 e. The molecule has 2 heterocycles. The molecule has 1 aliphatic rings. The molecule has 0 unspecified atom stereocenters. The molecule has 6 nitrogen and oxygen atoms in total. The third-order valence-corrected chi connectivity index (χ3v) is 6.86. The highest BCUT2D eigenvalue weighted by Crippen LogP contribution is 2.36. The summed E-state index contributed by atoms with van der Waals surface area (Å²) in [4.78, 5) is 28.7. The Bertz CT molecular complexity index is 1140. The summed E-state index contributed by atoms with van der Waals surface area (Å²) in [7, 11) is 1.40. The van der Waals surface area contributed by atoms with Crippen molar-refractivity contribution in [1.29, 1.82) is 0 Å². The number of nitrogens with zero attached hydrogens (tertiary/aromatic N) is 1. The first-order chi connectivity index (χ1) is 16.5. The minimum atomic E-state index is -0.489. The molecule has 0 atom stereocenters. The number of carbonyl (C=O) groups excluding carboxylic acids is 2. The van der Waals surface area contributed by atoms with Crippen molar-refractivity contribution in [3.63, 3.8) is 0 Å². The van der Waals surface area contributed by atoms with Gasteiger partial charge in [-0.2, -0.15) is 0 Å². The van der Waals surface area contributed by atoms with Crippen LogP contribution in [-0.2, 0) is 11.3 Å². The average molecular weight is 483 g/mol. The van der Waals surface area contributed by atoms with E-state index in [0.29, 0.717) is 16.2 Å².